The molecule has 5 nitrogen and oxygen atoms in total. The van der Waals surface area contributed by atoms with Gasteiger partial charge in [-0.3, -0.25) is 4.99 Å². The van der Waals surface area contributed by atoms with Crippen LogP contribution in [0.1, 0.15) is 34.8 Å². The second-order valence-corrected chi connectivity index (χ2v) is 6.65. The van der Waals surface area contributed by atoms with E-state index in [1.807, 2.05) is 48.5 Å². The Morgan fingerprint density at radius 1 is 1.15 bits per heavy atom. The van der Waals surface area contributed by atoms with Gasteiger partial charge in [0.1, 0.15) is 6.61 Å². The van der Waals surface area contributed by atoms with Crippen LogP contribution in [0.3, 0.4) is 0 Å². The molecule has 2 aromatic rings. The maximum atomic E-state index is 12.3. The normalized spacial score (nSPS) is 18.9. The van der Waals surface area contributed by atoms with Gasteiger partial charge >= 0.3 is 5.97 Å². The first-order valence-electron chi connectivity index (χ1n) is 8.93. The first-order valence-corrected chi connectivity index (χ1v) is 8.93. The monoisotopic (exact) mass is 351 g/mol. The molecule has 5 heteroatoms. The van der Waals surface area contributed by atoms with Gasteiger partial charge in [0.25, 0.3) is 0 Å². The van der Waals surface area contributed by atoms with Crippen LogP contribution >= 0.6 is 0 Å². The highest BCUT2D eigenvalue weighted by Gasteiger charge is 2.33. The smallest absolute Gasteiger partial charge is 0.338 e. The topological polar surface area (TPSA) is 62.7 Å². The van der Waals surface area contributed by atoms with Crippen molar-refractivity contribution in [2.24, 2.45) is 10.9 Å². The Morgan fingerprint density at radius 2 is 1.88 bits per heavy atom. The van der Waals surface area contributed by atoms with Gasteiger partial charge in [0.2, 0.25) is 0 Å². The zero-order valence-electron chi connectivity index (χ0n) is 15.2. The van der Waals surface area contributed by atoms with Gasteiger partial charge in [-0.2, -0.15) is 0 Å². The molecule has 1 fully saturated rings. The summed E-state index contributed by atoms with van der Waals surface area (Å²) in [7, 11) is 1.76. The highest BCUT2D eigenvalue weighted by molar-refractivity contribution is 5.89. The molecule has 0 aliphatic heterocycles. The molecule has 0 bridgehead atoms. The van der Waals surface area contributed by atoms with Crippen molar-refractivity contribution < 1.29 is 9.53 Å². The van der Waals surface area contributed by atoms with Crippen molar-refractivity contribution in [3.05, 3.63) is 71.3 Å². The molecule has 0 aromatic heterocycles. The Kier molecular flexibility index (Phi) is 5.89. The predicted octanol–water partition coefficient (Wildman–Crippen LogP) is 3.12. The first-order chi connectivity index (χ1) is 12.7. The number of nitrogens with zero attached hydrogens (tertiary/aromatic N) is 1. The van der Waals surface area contributed by atoms with Gasteiger partial charge < -0.3 is 15.4 Å². The van der Waals surface area contributed by atoms with Crippen LogP contribution in [-0.4, -0.2) is 25.0 Å². The molecular weight excluding hydrogens is 326 g/mol. The number of hydrogen-bond donors (Lipinski definition) is 2. The third-order valence-electron chi connectivity index (χ3n) is 4.49. The van der Waals surface area contributed by atoms with Crippen LogP contribution < -0.4 is 10.6 Å². The lowest BCUT2D eigenvalue weighted by molar-refractivity contribution is 0.0472. The molecule has 1 saturated carbocycles. The maximum absolute atomic E-state index is 12.3. The largest absolute Gasteiger partial charge is 0.457 e. The van der Waals surface area contributed by atoms with Crippen molar-refractivity contribution in [2.75, 3.05) is 7.05 Å². The van der Waals surface area contributed by atoms with Crippen molar-refractivity contribution in [3.63, 3.8) is 0 Å². The molecule has 136 valence electrons. The fourth-order valence-electron chi connectivity index (χ4n) is 2.69. The Morgan fingerprint density at radius 3 is 2.58 bits per heavy atom. The van der Waals surface area contributed by atoms with Crippen LogP contribution in [0.15, 0.2) is 59.6 Å². The minimum atomic E-state index is -0.315. The number of esters is 1. The summed E-state index contributed by atoms with van der Waals surface area (Å²) in [6.45, 7) is 3.09. The SMILES string of the molecule is CN=C(NCc1cccc(C(=O)OCc2ccccc2)c1)NC1CC1C. The summed E-state index contributed by atoms with van der Waals surface area (Å²) in [5, 5.41) is 6.67. The van der Waals surface area contributed by atoms with Gasteiger partial charge in [0.05, 0.1) is 5.56 Å². The van der Waals surface area contributed by atoms with Crippen LogP contribution in [0, 0.1) is 5.92 Å². The molecule has 2 atom stereocenters. The fourth-order valence-corrected chi connectivity index (χ4v) is 2.69. The lowest BCUT2D eigenvalue weighted by Crippen LogP contribution is -2.38. The number of hydrogen-bond acceptors (Lipinski definition) is 3. The van der Waals surface area contributed by atoms with Gasteiger partial charge in [-0.05, 0) is 35.6 Å². The van der Waals surface area contributed by atoms with E-state index in [1.165, 1.54) is 6.42 Å². The van der Waals surface area contributed by atoms with Gasteiger partial charge in [-0.15, -0.1) is 0 Å². The highest BCUT2D eigenvalue weighted by Crippen LogP contribution is 2.28. The number of ether oxygens (including phenoxy) is 1. The number of benzene rings is 2. The van der Waals surface area contributed by atoms with Crippen LogP contribution in [0.4, 0.5) is 0 Å². The standard InChI is InChI=1S/C21H25N3O2/c1-15-11-19(15)24-21(22-2)23-13-17-9-6-10-18(12-17)20(25)26-14-16-7-4-3-5-8-16/h3-10,12,15,19H,11,13-14H2,1-2H3,(H2,22,23,24). The van der Waals surface area contributed by atoms with E-state index in [4.69, 9.17) is 4.74 Å². The molecule has 0 saturated heterocycles. The molecular formula is C21H25N3O2. The van der Waals surface area contributed by atoms with Crippen LogP contribution in [0.2, 0.25) is 0 Å². The highest BCUT2D eigenvalue weighted by atomic mass is 16.5. The van der Waals surface area contributed by atoms with E-state index in [0.29, 0.717) is 24.1 Å². The van der Waals surface area contributed by atoms with Gasteiger partial charge in [0, 0.05) is 19.6 Å². The minimum absolute atomic E-state index is 0.276. The van der Waals surface area contributed by atoms with Gasteiger partial charge in [0.15, 0.2) is 5.96 Å². The zero-order valence-corrected chi connectivity index (χ0v) is 15.2. The molecule has 2 N–H and O–H groups in total. The van der Waals surface area contributed by atoms with Crippen LogP contribution in [-0.2, 0) is 17.9 Å². The Bertz CT molecular complexity index is 774. The third-order valence-corrected chi connectivity index (χ3v) is 4.49. The quantitative estimate of drug-likeness (QED) is 0.477. The van der Waals surface area contributed by atoms with Crippen molar-refractivity contribution >= 4 is 11.9 Å². The molecule has 2 unspecified atom stereocenters. The van der Waals surface area contributed by atoms with E-state index in [9.17, 15) is 4.79 Å². The van der Waals surface area contributed by atoms with E-state index in [1.54, 1.807) is 13.1 Å². The summed E-state index contributed by atoms with van der Waals surface area (Å²) in [6.07, 6.45) is 1.18. The number of guanidine groups is 1. The Labute approximate surface area is 154 Å². The van der Waals surface area contributed by atoms with Crippen molar-refractivity contribution in [2.45, 2.75) is 32.5 Å². The van der Waals surface area contributed by atoms with Crippen LogP contribution in [0.5, 0.6) is 0 Å². The molecule has 3 rings (SSSR count). The third kappa shape index (κ3) is 5.09. The number of nitrogens with one attached hydrogen (secondary N) is 2. The second-order valence-electron chi connectivity index (χ2n) is 6.65. The first kappa shape index (κ1) is 18.0. The molecule has 1 aliphatic rings. The lowest BCUT2D eigenvalue weighted by Gasteiger charge is -2.12. The average molecular weight is 351 g/mol. The average Bonchev–Trinajstić information content (AvgIpc) is 3.38. The van der Waals surface area contributed by atoms with Crippen molar-refractivity contribution in [1.82, 2.24) is 10.6 Å². The summed E-state index contributed by atoms with van der Waals surface area (Å²) in [4.78, 5) is 16.5. The summed E-state index contributed by atoms with van der Waals surface area (Å²) in [5.41, 5.74) is 2.53. The number of rotatable bonds is 6. The number of aliphatic imine (C=N–C) groups is 1. The Balaban J connectivity index is 1.52. The minimum Gasteiger partial charge on any atom is -0.457 e. The lowest BCUT2D eigenvalue weighted by atomic mass is 10.1. The summed E-state index contributed by atoms with van der Waals surface area (Å²) in [5.74, 6) is 1.18. The second kappa shape index (κ2) is 8.52. The van der Waals surface area contributed by atoms with Gasteiger partial charge in [-0.25, -0.2) is 4.79 Å². The van der Waals surface area contributed by atoms with Crippen LogP contribution in [0.25, 0.3) is 0 Å². The molecule has 0 radical (unpaired) electrons. The molecule has 26 heavy (non-hydrogen) atoms. The summed E-state index contributed by atoms with van der Waals surface area (Å²) >= 11 is 0. The van der Waals surface area contributed by atoms with Crippen molar-refractivity contribution in [1.29, 1.82) is 0 Å². The van der Waals surface area contributed by atoms with E-state index in [-0.39, 0.29) is 12.6 Å². The maximum Gasteiger partial charge on any atom is 0.338 e. The molecule has 0 heterocycles. The van der Waals surface area contributed by atoms with E-state index in [2.05, 4.69) is 22.5 Å². The number of carbonyl (C=O) groups is 1. The zero-order chi connectivity index (χ0) is 18.4. The molecule has 0 spiro atoms. The van der Waals surface area contributed by atoms with E-state index in [0.717, 1.165) is 17.1 Å². The number of carbonyl (C=O) groups excluding carboxylic acids is 1. The fraction of sp³-hybridized carbons (Fsp3) is 0.333. The Hall–Kier alpha value is -2.82. The molecule has 1 aliphatic carbocycles. The van der Waals surface area contributed by atoms with E-state index < -0.39 is 0 Å². The van der Waals surface area contributed by atoms with Gasteiger partial charge in [-0.1, -0.05) is 49.4 Å². The van der Waals surface area contributed by atoms with Crippen molar-refractivity contribution in [3.8, 4) is 0 Å². The summed E-state index contributed by atoms with van der Waals surface area (Å²) in [6, 6.07) is 17.7. The molecule has 2 aromatic carbocycles. The van der Waals surface area contributed by atoms with E-state index >= 15 is 0 Å². The molecule has 0 amide bonds. The predicted molar refractivity (Wildman–Crippen MR) is 103 cm³/mol. The summed E-state index contributed by atoms with van der Waals surface area (Å²) < 4.78 is 5.39.